The zero-order chi connectivity index (χ0) is 17.5. The fourth-order valence-corrected chi connectivity index (χ4v) is 3.82. The summed E-state index contributed by atoms with van der Waals surface area (Å²) in [6.07, 6.45) is 2.43. The van der Waals surface area contributed by atoms with Crippen molar-refractivity contribution in [2.24, 2.45) is 0 Å². The summed E-state index contributed by atoms with van der Waals surface area (Å²) in [7, 11) is 0. The van der Waals surface area contributed by atoms with Crippen molar-refractivity contribution < 1.29 is 14.3 Å². The highest BCUT2D eigenvalue weighted by Gasteiger charge is 2.42. The van der Waals surface area contributed by atoms with Gasteiger partial charge in [-0.1, -0.05) is 37.3 Å². The highest BCUT2D eigenvalue weighted by molar-refractivity contribution is 5.88. The number of carbonyl (C=O) groups excluding carboxylic acids is 1. The maximum atomic E-state index is 13.3. The zero-order valence-corrected chi connectivity index (χ0v) is 15.2. The van der Waals surface area contributed by atoms with Gasteiger partial charge < -0.3 is 14.8 Å². The fraction of sp³-hybridized carbons (Fsp3) is 0.650. The average molecular weight is 346 g/mol. The fourth-order valence-electron chi connectivity index (χ4n) is 3.82. The first kappa shape index (κ1) is 18.4. The molecule has 1 unspecified atom stereocenters. The monoisotopic (exact) mass is 346 g/mol. The lowest BCUT2D eigenvalue weighted by molar-refractivity contribution is -0.131. The second-order valence-corrected chi connectivity index (χ2v) is 7.05. The molecule has 0 aliphatic carbocycles. The van der Waals surface area contributed by atoms with Gasteiger partial charge in [0.05, 0.1) is 18.6 Å². The molecular formula is C20H30N2O3. The molecule has 0 spiro atoms. The van der Waals surface area contributed by atoms with Crippen molar-refractivity contribution >= 4 is 5.91 Å². The predicted octanol–water partition coefficient (Wildman–Crippen LogP) is 1.96. The smallest absolute Gasteiger partial charge is 0.231 e. The number of nitrogens with zero attached hydrogens (tertiary/aromatic N) is 1. The van der Waals surface area contributed by atoms with Gasteiger partial charge in [-0.3, -0.25) is 9.69 Å². The third-order valence-corrected chi connectivity index (χ3v) is 5.52. The summed E-state index contributed by atoms with van der Waals surface area (Å²) >= 11 is 0. The van der Waals surface area contributed by atoms with Crippen molar-refractivity contribution in [2.75, 3.05) is 46.1 Å². The molecule has 0 saturated carbocycles. The summed E-state index contributed by atoms with van der Waals surface area (Å²) in [5.74, 6) is 0.155. The summed E-state index contributed by atoms with van der Waals surface area (Å²) in [4.78, 5) is 15.7. The molecule has 1 aromatic rings. The lowest BCUT2D eigenvalue weighted by atomic mass is 9.73. The molecule has 25 heavy (non-hydrogen) atoms. The predicted molar refractivity (Wildman–Crippen MR) is 97.7 cm³/mol. The number of benzene rings is 1. The molecule has 3 rings (SSSR count). The number of morpholine rings is 1. The minimum absolute atomic E-state index is 0.155. The molecule has 1 aromatic carbocycles. The Labute approximate surface area is 150 Å². The van der Waals surface area contributed by atoms with E-state index in [1.807, 2.05) is 18.2 Å². The van der Waals surface area contributed by atoms with Gasteiger partial charge >= 0.3 is 0 Å². The molecule has 1 atom stereocenters. The van der Waals surface area contributed by atoms with Crippen LogP contribution in [-0.4, -0.2) is 62.9 Å². The van der Waals surface area contributed by atoms with E-state index in [0.717, 1.165) is 57.7 Å². The van der Waals surface area contributed by atoms with Gasteiger partial charge in [0.25, 0.3) is 0 Å². The largest absolute Gasteiger partial charge is 0.381 e. The molecule has 138 valence electrons. The lowest BCUT2D eigenvalue weighted by Gasteiger charge is -2.38. The van der Waals surface area contributed by atoms with Crippen LogP contribution in [0.3, 0.4) is 0 Å². The van der Waals surface area contributed by atoms with Gasteiger partial charge in [0.2, 0.25) is 5.91 Å². The van der Waals surface area contributed by atoms with Crippen LogP contribution in [0.5, 0.6) is 0 Å². The summed E-state index contributed by atoms with van der Waals surface area (Å²) in [6, 6.07) is 10.4. The van der Waals surface area contributed by atoms with Gasteiger partial charge in [-0.2, -0.15) is 0 Å². The molecular weight excluding hydrogens is 316 g/mol. The Hall–Kier alpha value is -1.43. The van der Waals surface area contributed by atoms with Crippen LogP contribution < -0.4 is 5.32 Å². The molecule has 5 nitrogen and oxygen atoms in total. The minimum atomic E-state index is -0.460. The Morgan fingerprint density at radius 2 is 1.76 bits per heavy atom. The first-order valence-corrected chi connectivity index (χ1v) is 9.49. The van der Waals surface area contributed by atoms with Crippen LogP contribution in [0.25, 0.3) is 0 Å². The number of nitrogens with one attached hydrogen (secondary N) is 1. The third kappa shape index (κ3) is 4.40. The Bertz CT molecular complexity index is 537. The number of hydrogen-bond donors (Lipinski definition) is 1. The Morgan fingerprint density at radius 3 is 2.40 bits per heavy atom. The van der Waals surface area contributed by atoms with Crippen LogP contribution in [-0.2, 0) is 19.7 Å². The highest BCUT2D eigenvalue weighted by atomic mass is 16.5. The summed E-state index contributed by atoms with van der Waals surface area (Å²) in [5, 5.41) is 3.35. The molecule has 1 N–H and O–H groups in total. The van der Waals surface area contributed by atoms with Gasteiger partial charge in [0.1, 0.15) is 0 Å². The van der Waals surface area contributed by atoms with E-state index in [1.165, 1.54) is 0 Å². The molecule has 0 bridgehead atoms. The van der Waals surface area contributed by atoms with Gasteiger partial charge in [0.15, 0.2) is 0 Å². The highest BCUT2D eigenvalue weighted by Crippen LogP contribution is 2.35. The van der Waals surface area contributed by atoms with Crippen LogP contribution in [0.15, 0.2) is 30.3 Å². The number of rotatable bonds is 6. The van der Waals surface area contributed by atoms with E-state index in [0.29, 0.717) is 13.2 Å². The number of hydrogen-bond acceptors (Lipinski definition) is 4. The van der Waals surface area contributed by atoms with Crippen molar-refractivity contribution in [2.45, 2.75) is 37.6 Å². The lowest BCUT2D eigenvalue weighted by Crippen LogP contribution is -2.54. The van der Waals surface area contributed by atoms with Crippen molar-refractivity contribution in [1.29, 1.82) is 0 Å². The summed E-state index contributed by atoms with van der Waals surface area (Å²) in [5.41, 5.74) is 0.648. The number of carbonyl (C=O) groups is 1. The SMILES string of the molecule is CCC(CN1CCOCC1)NC(=O)C1(c2ccccc2)CCOCC1. The molecule has 0 aromatic heterocycles. The van der Waals surface area contributed by atoms with Gasteiger partial charge in [-0.15, -0.1) is 0 Å². The average Bonchev–Trinajstić information content (AvgIpc) is 2.69. The molecule has 1 amide bonds. The van der Waals surface area contributed by atoms with E-state index < -0.39 is 5.41 Å². The Balaban J connectivity index is 1.71. The molecule has 2 aliphatic rings. The Morgan fingerprint density at radius 1 is 1.12 bits per heavy atom. The standard InChI is InChI=1S/C20H30N2O3/c1-2-18(16-22-10-14-25-15-11-22)21-19(23)20(8-12-24-13-9-20)17-6-4-3-5-7-17/h3-7,18H,2,8-16H2,1H3,(H,21,23). The maximum absolute atomic E-state index is 13.3. The zero-order valence-electron chi connectivity index (χ0n) is 15.2. The minimum Gasteiger partial charge on any atom is -0.381 e. The first-order chi connectivity index (χ1) is 12.2. The van der Waals surface area contributed by atoms with E-state index in [1.54, 1.807) is 0 Å². The van der Waals surface area contributed by atoms with Gasteiger partial charge in [-0.05, 0) is 24.8 Å². The van der Waals surface area contributed by atoms with Crippen LogP contribution in [0.1, 0.15) is 31.7 Å². The first-order valence-electron chi connectivity index (χ1n) is 9.49. The molecule has 2 aliphatic heterocycles. The third-order valence-electron chi connectivity index (χ3n) is 5.52. The molecule has 2 fully saturated rings. The van der Waals surface area contributed by atoms with Gasteiger partial charge in [0, 0.05) is 38.9 Å². The molecule has 2 saturated heterocycles. The summed E-state index contributed by atoms with van der Waals surface area (Å²) < 4.78 is 11.0. The normalized spacial score (nSPS) is 22.3. The van der Waals surface area contributed by atoms with E-state index >= 15 is 0 Å². The van der Waals surface area contributed by atoms with E-state index in [-0.39, 0.29) is 11.9 Å². The van der Waals surface area contributed by atoms with Crippen molar-refractivity contribution in [3.05, 3.63) is 35.9 Å². The van der Waals surface area contributed by atoms with Crippen LogP contribution in [0.4, 0.5) is 0 Å². The van der Waals surface area contributed by atoms with Crippen LogP contribution >= 0.6 is 0 Å². The molecule has 5 heteroatoms. The quantitative estimate of drug-likeness (QED) is 0.856. The number of amides is 1. The van der Waals surface area contributed by atoms with Crippen molar-refractivity contribution in [1.82, 2.24) is 10.2 Å². The molecule has 2 heterocycles. The van der Waals surface area contributed by atoms with E-state index in [2.05, 4.69) is 29.3 Å². The topological polar surface area (TPSA) is 50.8 Å². The second kappa shape index (κ2) is 8.79. The van der Waals surface area contributed by atoms with E-state index in [4.69, 9.17) is 9.47 Å². The summed E-state index contributed by atoms with van der Waals surface area (Å²) in [6.45, 7) is 7.79. The maximum Gasteiger partial charge on any atom is 0.231 e. The van der Waals surface area contributed by atoms with E-state index in [9.17, 15) is 4.79 Å². The van der Waals surface area contributed by atoms with Crippen LogP contribution in [0, 0.1) is 0 Å². The number of ether oxygens (including phenoxy) is 2. The van der Waals surface area contributed by atoms with Gasteiger partial charge in [-0.25, -0.2) is 0 Å². The second-order valence-electron chi connectivity index (χ2n) is 7.05. The Kier molecular flexibility index (Phi) is 6.45. The van der Waals surface area contributed by atoms with Crippen LogP contribution in [0.2, 0.25) is 0 Å². The molecule has 0 radical (unpaired) electrons. The van der Waals surface area contributed by atoms with Crippen molar-refractivity contribution in [3.63, 3.8) is 0 Å². The van der Waals surface area contributed by atoms with Crippen molar-refractivity contribution in [3.8, 4) is 0 Å².